The van der Waals surface area contributed by atoms with E-state index in [0.717, 1.165) is 35.9 Å². The lowest BCUT2D eigenvalue weighted by atomic mass is 10.2. The lowest BCUT2D eigenvalue weighted by Crippen LogP contribution is -2.35. The number of carbonyl (C=O) groups excluding carboxylic acids is 1. The number of amides is 1. The van der Waals surface area contributed by atoms with Crippen LogP contribution in [0.3, 0.4) is 0 Å². The maximum atomic E-state index is 12.8. The molecule has 0 N–H and O–H groups in total. The topological polar surface area (TPSA) is 71.7 Å². The highest BCUT2D eigenvalue weighted by molar-refractivity contribution is 7.89. The van der Waals surface area contributed by atoms with Crippen molar-refractivity contribution in [2.24, 2.45) is 4.99 Å². The van der Waals surface area contributed by atoms with E-state index in [0.29, 0.717) is 30.0 Å². The maximum Gasteiger partial charge on any atom is 0.279 e. The predicted molar refractivity (Wildman–Crippen MR) is 127 cm³/mol. The predicted octanol–water partition coefficient (Wildman–Crippen LogP) is 3.81. The molecule has 0 bridgehead atoms. The van der Waals surface area contributed by atoms with E-state index in [1.165, 1.54) is 45.5 Å². The molecule has 166 valence electrons. The van der Waals surface area contributed by atoms with E-state index < -0.39 is 15.9 Å². The van der Waals surface area contributed by atoms with Gasteiger partial charge in [0, 0.05) is 18.7 Å². The Morgan fingerprint density at radius 2 is 1.84 bits per heavy atom. The van der Waals surface area contributed by atoms with Crippen molar-refractivity contribution in [3.8, 4) is 12.3 Å². The van der Waals surface area contributed by atoms with Crippen LogP contribution in [0.4, 0.5) is 0 Å². The third-order valence-electron chi connectivity index (χ3n) is 5.66. The quantitative estimate of drug-likeness (QED) is 0.536. The Balaban J connectivity index is 1.66. The molecular weight excluding hydrogens is 442 g/mol. The van der Waals surface area contributed by atoms with Crippen molar-refractivity contribution < 1.29 is 13.2 Å². The smallest absolute Gasteiger partial charge is 0.279 e. The van der Waals surface area contributed by atoms with E-state index in [-0.39, 0.29) is 4.90 Å². The van der Waals surface area contributed by atoms with Crippen LogP contribution in [0.1, 0.15) is 42.1 Å². The first-order chi connectivity index (χ1) is 15.4. The second kappa shape index (κ2) is 9.41. The number of aryl methyl sites for hydroxylation is 1. The molecular formula is C24H25N3O3S2. The molecule has 8 heteroatoms. The largest absolute Gasteiger partial charge is 0.305 e. The Hall–Kier alpha value is -2.73. The molecule has 32 heavy (non-hydrogen) atoms. The van der Waals surface area contributed by atoms with Crippen molar-refractivity contribution in [1.29, 1.82) is 0 Å². The van der Waals surface area contributed by atoms with Crippen LogP contribution in [-0.2, 0) is 23.0 Å². The van der Waals surface area contributed by atoms with E-state index in [2.05, 4.69) is 30.0 Å². The standard InChI is InChI=1S/C24H25N3O3S2/c1-3-14-27-21-13-8-18(4-2)17-22(21)31-24(27)25-23(28)19-9-11-20(12-10-19)32(29,30)26-15-6-5-7-16-26/h1,8-13,17H,4-7,14-16H2,2H3. The molecule has 1 fully saturated rings. The summed E-state index contributed by atoms with van der Waals surface area (Å²) in [6.45, 7) is 3.48. The normalized spacial score (nSPS) is 15.7. The van der Waals surface area contributed by atoms with Crippen molar-refractivity contribution in [3.63, 3.8) is 0 Å². The van der Waals surface area contributed by atoms with Gasteiger partial charge in [-0.05, 0) is 61.2 Å². The van der Waals surface area contributed by atoms with Crippen molar-refractivity contribution in [2.45, 2.75) is 44.0 Å². The molecule has 6 nitrogen and oxygen atoms in total. The van der Waals surface area contributed by atoms with Gasteiger partial charge in [-0.15, -0.1) is 6.42 Å². The van der Waals surface area contributed by atoms with Crippen molar-refractivity contribution in [2.75, 3.05) is 13.1 Å². The second-order valence-electron chi connectivity index (χ2n) is 7.74. The monoisotopic (exact) mass is 467 g/mol. The van der Waals surface area contributed by atoms with Crippen LogP contribution < -0.4 is 4.80 Å². The van der Waals surface area contributed by atoms with Gasteiger partial charge in [-0.2, -0.15) is 9.30 Å². The van der Waals surface area contributed by atoms with Gasteiger partial charge in [-0.25, -0.2) is 8.42 Å². The summed E-state index contributed by atoms with van der Waals surface area (Å²) in [5.41, 5.74) is 2.48. The summed E-state index contributed by atoms with van der Waals surface area (Å²) >= 11 is 1.42. The highest BCUT2D eigenvalue weighted by Crippen LogP contribution is 2.22. The van der Waals surface area contributed by atoms with Crippen LogP contribution in [0.2, 0.25) is 0 Å². The van der Waals surface area contributed by atoms with E-state index >= 15 is 0 Å². The summed E-state index contributed by atoms with van der Waals surface area (Å²) in [7, 11) is -3.53. The fraction of sp³-hybridized carbons (Fsp3) is 0.333. The fourth-order valence-electron chi connectivity index (χ4n) is 3.84. The van der Waals surface area contributed by atoms with Crippen molar-refractivity contribution >= 4 is 37.5 Å². The first-order valence-corrected chi connectivity index (χ1v) is 12.9. The van der Waals surface area contributed by atoms with Gasteiger partial charge in [0.15, 0.2) is 4.80 Å². The van der Waals surface area contributed by atoms with Gasteiger partial charge < -0.3 is 4.57 Å². The number of thiazole rings is 1. The highest BCUT2D eigenvalue weighted by Gasteiger charge is 2.26. The maximum absolute atomic E-state index is 12.8. The average Bonchev–Trinajstić information content (AvgIpc) is 3.16. The molecule has 0 aliphatic carbocycles. The van der Waals surface area contributed by atoms with Crippen LogP contribution in [0.25, 0.3) is 10.2 Å². The van der Waals surface area contributed by atoms with E-state index in [9.17, 15) is 13.2 Å². The molecule has 0 spiro atoms. The lowest BCUT2D eigenvalue weighted by Gasteiger charge is -2.25. The minimum Gasteiger partial charge on any atom is -0.305 e. The van der Waals surface area contributed by atoms with Crippen molar-refractivity contribution in [3.05, 3.63) is 58.4 Å². The number of hydrogen-bond acceptors (Lipinski definition) is 4. The molecule has 0 radical (unpaired) electrons. The number of sulfonamides is 1. The minimum absolute atomic E-state index is 0.201. The van der Waals surface area contributed by atoms with Crippen LogP contribution in [0.5, 0.6) is 0 Å². The molecule has 1 saturated heterocycles. The zero-order valence-corrected chi connectivity index (χ0v) is 19.6. The van der Waals surface area contributed by atoms with E-state index in [1.807, 2.05) is 10.6 Å². The molecule has 0 unspecified atom stereocenters. The summed E-state index contributed by atoms with van der Waals surface area (Å²) in [6.07, 6.45) is 9.27. The summed E-state index contributed by atoms with van der Waals surface area (Å²) < 4.78 is 30.0. The Kier molecular flexibility index (Phi) is 6.60. The van der Waals surface area contributed by atoms with Crippen LogP contribution in [-0.4, -0.2) is 36.3 Å². The molecule has 1 amide bonds. The molecule has 2 aromatic carbocycles. The van der Waals surface area contributed by atoms with Crippen LogP contribution >= 0.6 is 11.3 Å². The van der Waals surface area contributed by atoms with Crippen LogP contribution in [0, 0.1) is 12.3 Å². The molecule has 2 heterocycles. The molecule has 1 aliphatic heterocycles. The summed E-state index contributed by atoms with van der Waals surface area (Å²) in [5, 5.41) is 0. The Bertz CT molecular complexity index is 1350. The fourth-order valence-corrected chi connectivity index (χ4v) is 6.45. The van der Waals surface area contributed by atoms with E-state index in [4.69, 9.17) is 6.42 Å². The molecule has 0 atom stereocenters. The van der Waals surface area contributed by atoms with Crippen molar-refractivity contribution in [1.82, 2.24) is 8.87 Å². The number of piperidine rings is 1. The third kappa shape index (κ3) is 4.42. The summed E-state index contributed by atoms with van der Waals surface area (Å²) in [4.78, 5) is 17.9. The average molecular weight is 468 g/mol. The number of nitrogens with zero attached hydrogens (tertiary/aromatic N) is 3. The first kappa shape index (κ1) is 22.5. The zero-order valence-electron chi connectivity index (χ0n) is 18.0. The third-order valence-corrected chi connectivity index (χ3v) is 8.61. The van der Waals surface area contributed by atoms with Gasteiger partial charge in [-0.1, -0.05) is 36.7 Å². The molecule has 4 rings (SSSR count). The number of terminal acetylenes is 1. The lowest BCUT2D eigenvalue weighted by molar-refractivity contribution is 0.0998. The molecule has 0 saturated carbocycles. The number of benzene rings is 2. The number of rotatable bonds is 5. The van der Waals surface area contributed by atoms with Gasteiger partial charge in [0.1, 0.15) is 0 Å². The summed E-state index contributed by atoms with van der Waals surface area (Å²) in [5.74, 6) is 2.20. The van der Waals surface area contributed by atoms with E-state index in [1.54, 1.807) is 0 Å². The van der Waals surface area contributed by atoms with Gasteiger partial charge in [-0.3, -0.25) is 4.79 Å². The second-order valence-corrected chi connectivity index (χ2v) is 10.7. The molecule has 1 aromatic heterocycles. The SMILES string of the molecule is C#CCn1c(=NC(=O)c2ccc(S(=O)(=O)N3CCCCC3)cc2)sc2cc(CC)ccc21. The summed E-state index contributed by atoms with van der Waals surface area (Å²) in [6, 6.07) is 12.2. The first-order valence-electron chi connectivity index (χ1n) is 10.7. The van der Waals surface area contributed by atoms with Gasteiger partial charge in [0.25, 0.3) is 5.91 Å². The van der Waals surface area contributed by atoms with Gasteiger partial charge in [0.2, 0.25) is 10.0 Å². The zero-order chi connectivity index (χ0) is 22.7. The Labute approximate surface area is 192 Å². The Morgan fingerprint density at radius 1 is 1.12 bits per heavy atom. The number of carbonyl (C=O) groups is 1. The van der Waals surface area contributed by atoms with Gasteiger partial charge in [0.05, 0.1) is 21.7 Å². The number of aromatic nitrogens is 1. The Morgan fingerprint density at radius 3 is 2.50 bits per heavy atom. The molecule has 1 aliphatic rings. The highest BCUT2D eigenvalue weighted by atomic mass is 32.2. The number of hydrogen-bond donors (Lipinski definition) is 0. The molecule has 3 aromatic rings. The van der Waals surface area contributed by atoms with Crippen LogP contribution in [0.15, 0.2) is 52.4 Å². The van der Waals surface area contributed by atoms with Gasteiger partial charge >= 0.3 is 0 Å². The minimum atomic E-state index is -3.53. The number of fused-ring (bicyclic) bond motifs is 1.